The van der Waals surface area contributed by atoms with Crippen LogP contribution in [-0.2, 0) is 10.0 Å². The molecule has 1 rings (SSSR count). The van der Waals surface area contributed by atoms with Gasteiger partial charge in [0.05, 0.1) is 17.5 Å². The van der Waals surface area contributed by atoms with Crippen molar-refractivity contribution in [3.05, 3.63) is 14.7 Å². The number of alkyl halides is 2. The summed E-state index contributed by atoms with van der Waals surface area (Å²) in [5.41, 5.74) is 0. The molecule has 104 valence electrons. The standard InChI is InChI=1S/C8H9Cl2F2NO3S2/c9-6-3-5(8(10)17-6)18(15,16)13(1-2-14)4-7(11)12/h3,7,14H,1-2,4H2. The van der Waals surface area contributed by atoms with E-state index in [2.05, 4.69) is 0 Å². The van der Waals surface area contributed by atoms with Gasteiger partial charge in [0.15, 0.2) is 0 Å². The molecule has 18 heavy (non-hydrogen) atoms. The van der Waals surface area contributed by atoms with Crippen molar-refractivity contribution in [2.24, 2.45) is 0 Å². The van der Waals surface area contributed by atoms with Crippen molar-refractivity contribution in [3.8, 4) is 0 Å². The Morgan fingerprint density at radius 1 is 1.44 bits per heavy atom. The van der Waals surface area contributed by atoms with Crippen LogP contribution in [-0.4, -0.2) is 44.0 Å². The topological polar surface area (TPSA) is 57.6 Å². The van der Waals surface area contributed by atoms with Gasteiger partial charge in [0, 0.05) is 6.54 Å². The van der Waals surface area contributed by atoms with Crippen LogP contribution in [0.4, 0.5) is 8.78 Å². The molecule has 0 aliphatic carbocycles. The van der Waals surface area contributed by atoms with Crippen LogP contribution in [0.1, 0.15) is 0 Å². The molecule has 0 amide bonds. The molecule has 1 aromatic rings. The molecule has 0 unspecified atom stereocenters. The van der Waals surface area contributed by atoms with Crippen LogP contribution in [0.25, 0.3) is 0 Å². The number of aliphatic hydroxyl groups excluding tert-OH is 1. The average molecular weight is 340 g/mol. The lowest BCUT2D eigenvalue weighted by Gasteiger charge is -2.20. The van der Waals surface area contributed by atoms with Gasteiger partial charge in [-0.1, -0.05) is 23.2 Å². The van der Waals surface area contributed by atoms with Gasteiger partial charge in [0.1, 0.15) is 9.23 Å². The van der Waals surface area contributed by atoms with E-state index in [1.54, 1.807) is 0 Å². The van der Waals surface area contributed by atoms with Gasteiger partial charge in [-0.05, 0) is 6.07 Å². The zero-order chi connectivity index (χ0) is 13.9. The van der Waals surface area contributed by atoms with E-state index in [0.29, 0.717) is 4.31 Å². The Labute approximate surface area is 117 Å². The Balaban J connectivity index is 3.12. The third-order valence-corrected chi connectivity index (χ3v) is 5.55. The van der Waals surface area contributed by atoms with Gasteiger partial charge < -0.3 is 5.11 Å². The van der Waals surface area contributed by atoms with E-state index in [-0.39, 0.29) is 13.6 Å². The maximum absolute atomic E-state index is 12.3. The zero-order valence-electron chi connectivity index (χ0n) is 8.82. The molecule has 0 saturated carbocycles. The maximum Gasteiger partial charge on any atom is 0.252 e. The van der Waals surface area contributed by atoms with Crippen LogP contribution in [0, 0.1) is 0 Å². The summed E-state index contributed by atoms with van der Waals surface area (Å²) >= 11 is 12.1. The van der Waals surface area contributed by atoms with Crippen LogP contribution in [0.3, 0.4) is 0 Å². The smallest absolute Gasteiger partial charge is 0.252 e. The van der Waals surface area contributed by atoms with Crippen molar-refractivity contribution in [2.45, 2.75) is 11.3 Å². The molecule has 0 aliphatic rings. The highest BCUT2D eigenvalue weighted by Gasteiger charge is 2.30. The number of sulfonamides is 1. The fourth-order valence-electron chi connectivity index (χ4n) is 1.22. The highest BCUT2D eigenvalue weighted by atomic mass is 35.5. The van der Waals surface area contributed by atoms with E-state index in [1.165, 1.54) is 0 Å². The molecular weight excluding hydrogens is 331 g/mol. The summed E-state index contributed by atoms with van der Waals surface area (Å²) in [6.07, 6.45) is -2.85. The number of hydrogen-bond donors (Lipinski definition) is 1. The predicted octanol–water partition coefficient (Wildman–Crippen LogP) is 2.30. The summed E-state index contributed by atoms with van der Waals surface area (Å²) in [4.78, 5) is -0.326. The van der Waals surface area contributed by atoms with Crippen LogP contribution in [0.5, 0.6) is 0 Å². The number of aliphatic hydroxyl groups is 1. The van der Waals surface area contributed by atoms with Crippen LogP contribution < -0.4 is 0 Å². The van der Waals surface area contributed by atoms with Crippen molar-refractivity contribution >= 4 is 44.6 Å². The van der Waals surface area contributed by atoms with E-state index < -0.39 is 36.1 Å². The Kier molecular flexibility index (Phi) is 5.75. The molecule has 0 saturated heterocycles. The van der Waals surface area contributed by atoms with Crippen molar-refractivity contribution in [1.82, 2.24) is 4.31 Å². The molecule has 1 aromatic heterocycles. The Bertz CT molecular complexity index is 506. The van der Waals surface area contributed by atoms with Gasteiger partial charge in [0.25, 0.3) is 6.43 Å². The highest BCUT2D eigenvalue weighted by Crippen LogP contribution is 2.35. The molecular formula is C8H9Cl2F2NO3S2. The number of thiophene rings is 1. The minimum atomic E-state index is -4.18. The fraction of sp³-hybridized carbons (Fsp3) is 0.500. The summed E-state index contributed by atoms with van der Waals surface area (Å²) in [6, 6.07) is 1.10. The van der Waals surface area contributed by atoms with Crippen LogP contribution in [0.15, 0.2) is 11.0 Å². The molecule has 0 bridgehead atoms. The first-order chi connectivity index (χ1) is 8.28. The largest absolute Gasteiger partial charge is 0.395 e. The first-order valence-corrected chi connectivity index (χ1v) is 7.64. The minimum Gasteiger partial charge on any atom is -0.395 e. The lowest BCUT2D eigenvalue weighted by atomic mass is 10.6. The zero-order valence-corrected chi connectivity index (χ0v) is 12.0. The lowest BCUT2D eigenvalue weighted by Crippen LogP contribution is -2.37. The van der Waals surface area contributed by atoms with E-state index in [4.69, 9.17) is 28.3 Å². The molecule has 4 nitrogen and oxygen atoms in total. The number of halogens is 4. The molecule has 1 heterocycles. The molecule has 0 aromatic carbocycles. The predicted molar refractivity (Wildman–Crippen MR) is 66.2 cm³/mol. The second-order valence-electron chi connectivity index (χ2n) is 3.17. The number of nitrogens with zero attached hydrogens (tertiary/aromatic N) is 1. The van der Waals surface area contributed by atoms with E-state index >= 15 is 0 Å². The molecule has 10 heteroatoms. The third-order valence-electron chi connectivity index (χ3n) is 1.93. The highest BCUT2D eigenvalue weighted by molar-refractivity contribution is 7.89. The van der Waals surface area contributed by atoms with Crippen LogP contribution >= 0.6 is 34.5 Å². The maximum atomic E-state index is 12.3. The van der Waals surface area contributed by atoms with Crippen LogP contribution in [0.2, 0.25) is 8.67 Å². The summed E-state index contributed by atoms with van der Waals surface area (Å²) in [7, 11) is -4.18. The first kappa shape index (κ1) is 16.1. The molecule has 1 N–H and O–H groups in total. The number of hydrogen-bond acceptors (Lipinski definition) is 4. The van der Waals surface area contributed by atoms with Gasteiger partial charge >= 0.3 is 0 Å². The monoisotopic (exact) mass is 339 g/mol. The molecule has 0 spiro atoms. The SMILES string of the molecule is O=S(=O)(c1cc(Cl)sc1Cl)N(CCO)CC(F)F. The van der Waals surface area contributed by atoms with Gasteiger partial charge in [-0.15, -0.1) is 11.3 Å². The molecule has 0 atom stereocenters. The summed E-state index contributed by atoms with van der Waals surface area (Å²) in [5.74, 6) is 0. The minimum absolute atomic E-state index is 0.0998. The van der Waals surface area contributed by atoms with Gasteiger partial charge in [-0.25, -0.2) is 17.2 Å². The second-order valence-corrected chi connectivity index (χ2v) is 7.36. The fourth-order valence-corrected chi connectivity index (χ4v) is 4.74. The normalized spacial score (nSPS) is 12.6. The van der Waals surface area contributed by atoms with E-state index in [0.717, 1.165) is 17.4 Å². The summed E-state index contributed by atoms with van der Waals surface area (Å²) < 4.78 is 49.2. The second kappa shape index (κ2) is 6.44. The Morgan fingerprint density at radius 2 is 2.06 bits per heavy atom. The van der Waals surface area contributed by atoms with Crippen molar-refractivity contribution in [1.29, 1.82) is 0 Å². The molecule has 0 radical (unpaired) electrons. The Hall–Kier alpha value is 0.01000. The average Bonchev–Trinajstić information content (AvgIpc) is 2.57. The van der Waals surface area contributed by atoms with E-state index in [1.807, 2.05) is 0 Å². The van der Waals surface area contributed by atoms with Crippen molar-refractivity contribution < 1.29 is 22.3 Å². The quantitative estimate of drug-likeness (QED) is 0.865. The Morgan fingerprint density at radius 3 is 2.44 bits per heavy atom. The van der Waals surface area contributed by atoms with E-state index in [9.17, 15) is 17.2 Å². The summed E-state index contributed by atoms with van der Waals surface area (Å²) in [5, 5.41) is 8.73. The number of rotatable bonds is 6. The van der Waals surface area contributed by atoms with Gasteiger partial charge in [-0.3, -0.25) is 0 Å². The van der Waals surface area contributed by atoms with Crippen molar-refractivity contribution in [2.75, 3.05) is 19.7 Å². The summed E-state index contributed by atoms with van der Waals surface area (Å²) in [6.45, 7) is -2.01. The van der Waals surface area contributed by atoms with Gasteiger partial charge in [0.2, 0.25) is 10.0 Å². The van der Waals surface area contributed by atoms with Crippen molar-refractivity contribution in [3.63, 3.8) is 0 Å². The third kappa shape index (κ3) is 3.75. The van der Waals surface area contributed by atoms with Gasteiger partial charge in [-0.2, -0.15) is 4.31 Å². The lowest BCUT2D eigenvalue weighted by molar-refractivity contribution is 0.113. The first-order valence-electron chi connectivity index (χ1n) is 4.63. The molecule has 0 fully saturated rings. The molecule has 0 aliphatic heterocycles.